The molecule has 0 amide bonds. The first-order valence-electron chi connectivity index (χ1n) is 7.85. The van der Waals surface area contributed by atoms with Gasteiger partial charge in [-0.1, -0.05) is 40.0 Å². The van der Waals surface area contributed by atoms with Gasteiger partial charge in [-0.3, -0.25) is 0 Å². The Kier molecular flexibility index (Phi) is 6.54. The zero-order chi connectivity index (χ0) is 12.7. The SMILES string of the molecule is CC(C)CCCCC(C)C[N+]1(C)CCCCC1. The van der Waals surface area contributed by atoms with Crippen LogP contribution in [0.5, 0.6) is 0 Å². The fourth-order valence-electron chi connectivity index (χ4n) is 3.35. The smallest absolute Gasteiger partial charge is 0.0810 e. The number of rotatable bonds is 7. The molecule has 1 fully saturated rings. The second-order valence-electron chi connectivity index (χ2n) is 7.09. The number of likely N-dealkylation sites (tertiary alicyclic amines) is 1. The standard InChI is InChI=1S/C16H34N/c1-15(2)10-6-7-11-16(3)14-17(4)12-8-5-9-13-17/h15-16H,5-14H2,1-4H3/q+1. The Morgan fingerprint density at radius 3 is 2.06 bits per heavy atom. The Bertz CT molecular complexity index is 192. The van der Waals surface area contributed by atoms with Gasteiger partial charge < -0.3 is 4.48 Å². The molecular formula is C16H34N+. The van der Waals surface area contributed by atoms with Gasteiger partial charge in [-0.25, -0.2) is 0 Å². The second kappa shape index (κ2) is 7.41. The molecule has 1 aliphatic heterocycles. The molecule has 1 rings (SSSR count). The van der Waals surface area contributed by atoms with Crippen LogP contribution < -0.4 is 0 Å². The predicted molar refractivity (Wildman–Crippen MR) is 77.1 cm³/mol. The van der Waals surface area contributed by atoms with Gasteiger partial charge in [0.15, 0.2) is 0 Å². The summed E-state index contributed by atoms with van der Waals surface area (Å²) in [6, 6.07) is 0. The van der Waals surface area contributed by atoms with Gasteiger partial charge in [0.2, 0.25) is 0 Å². The summed E-state index contributed by atoms with van der Waals surface area (Å²) in [5.41, 5.74) is 0. The van der Waals surface area contributed by atoms with Crippen LogP contribution in [0.1, 0.15) is 65.7 Å². The highest BCUT2D eigenvalue weighted by atomic mass is 15.3. The molecule has 1 heteroatoms. The predicted octanol–water partition coefficient (Wildman–Crippen LogP) is 4.47. The van der Waals surface area contributed by atoms with Gasteiger partial charge in [0.25, 0.3) is 0 Å². The molecule has 17 heavy (non-hydrogen) atoms. The summed E-state index contributed by atoms with van der Waals surface area (Å²) in [6.45, 7) is 11.4. The normalized spacial score (nSPS) is 21.7. The van der Waals surface area contributed by atoms with E-state index in [1.807, 2.05) is 0 Å². The number of nitrogens with zero attached hydrogens (tertiary/aromatic N) is 1. The highest BCUT2D eigenvalue weighted by Crippen LogP contribution is 2.21. The summed E-state index contributed by atoms with van der Waals surface area (Å²) < 4.78 is 1.35. The van der Waals surface area contributed by atoms with Crippen LogP contribution in [0.2, 0.25) is 0 Å². The third-order valence-electron chi connectivity index (χ3n) is 4.38. The molecule has 1 saturated heterocycles. The van der Waals surface area contributed by atoms with Crippen molar-refractivity contribution in [1.82, 2.24) is 0 Å². The highest BCUT2D eigenvalue weighted by Gasteiger charge is 2.26. The Hall–Kier alpha value is -0.0400. The van der Waals surface area contributed by atoms with Crippen molar-refractivity contribution in [1.29, 1.82) is 0 Å². The maximum absolute atomic E-state index is 2.48. The molecule has 1 atom stereocenters. The average molecular weight is 240 g/mol. The summed E-state index contributed by atoms with van der Waals surface area (Å²) in [5, 5.41) is 0. The van der Waals surface area contributed by atoms with Gasteiger partial charge in [-0.2, -0.15) is 0 Å². The van der Waals surface area contributed by atoms with Crippen molar-refractivity contribution in [3.63, 3.8) is 0 Å². The molecular weight excluding hydrogens is 206 g/mol. The molecule has 0 aromatic heterocycles. The van der Waals surface area contributed by atoms with Crippen molar-refractivity contribution in [2.75, 3.05) is 26.7 Å². The van der Waals surface area contributed by atoms with Crippen LogP contribution in [0.3, 0.4) is 0 Å². The minimum Gasteiger partial charge on any atom is -0.326 e. The maximum Gasteiger partial charge on any atom is 0.0810 e. The van der Waals surface area contributed by atoms with Crippen molar-refractivity contribution in [2.24, 2.45) is 11.8 Å². The first-order chi connectivity index (χ1) is 8.02. The van der Waals surface area contributed by atoms with E-state index in [2.05, 4.69) is 27.8 Å². The molecule has 0 radical (unpaired) electrons. The lowest BCUT2D eigenvalue weighted by molar-refractivity contribution is -0.917. The van der Waals surface area contributed by atoms with E-state index in [1.165, 1.54) is 69.1 Å². The monoisotopic (exact) mass is 240 g/mol. The van der Waals surface area contributed by atoms with E-state index >= 15 is 0 Å². The average Bonchev–Trinajstić information content (AvgIpc) is 2.24. The number of piperidine rings is 1. The molecule has 0 spiro atoms. The number of hydrogen-bond donors (Lipinski definition) is 0. The van der Waals surface area contributed by atoms with Crippen molar-refractivity contribution < 1.29 is 4.48 Å². The largest absolute Gasteiger partial charge is 0.326 e. The molecule has 0 aliphatic carbocycles. The third kappa shape index (κ3) is 6.45. The van der Waals surface area contributed by atoms with Crippen molar-refractivity contribution in [3.05, 3.63) is 0 Å². The van der Waals surface area contributed by atoms with Crippen LogP contribution in [0, 0.1) is 11.8 Å². The first-order valence-corrected chi connectivity index (χ1v) is 7.85. The lowest BCUT2D eigenvalue weighted by Gasteiger charge is -2.39. The van der Waals surface area contributed by atoms with Crippen LogP contribution in [0.15, 0.2) is 0 Å². The molecule has 0 bridgehead atoms. The van der Waals surface area contributed by atoms with Gasteiger partial charge in [0.05, 0.1) is 26.7 Å². The molecule has 0 aromatic carbocycles. The Morgan fingerprint density at radius 1 is 0.882 bits per heavy atom. The Labute approximate surface area is 109 Å². The lowest BCUT2D eigenvalue weighted by Crippen LogP contribution is -2.50. The fraction of sp³-hybridized carbons (Fsp3) is 1.00. The topological polar surface area (TPSA) is 0 Å². The lowest BCUT2D eigenvalue weighted by atomic mass is 9.97. The number of quaternary nitrogens is 1. The van der Waals surface area contributed by atoms with Gasteiger partial charge in [-0.05, 0) is 31.6 Å². The minimum absolute atomic E-state index is 0.886. The first kappa shape index (κ1) is 15.0. The van der Waals surface area contributed by atoms with E-state index in [9.17, 15) is 0 Å². The fourth-order valence-corrected chi connectivity index (χ4v) is 3.35. The van der Waals surface area contributed by atoms with Crippen molar-refractivity contribution in [2.45, 2.75) is 65.7 Å². The van der Waals surface area contributed by atoms with Crippen molar-refractivity contribution in [3.8, 4) is 0 Å². The Morgan fingerprint density at radius 2 is 1.47 bits per heavy atom. The van der Waals surface area contributed by atoms with E-state index in [-0.39, 0.29) is 0 Å². The van der Waals surface area contributed by atoms with E-state index in [0.717, 1.165) is 11.8 Å². The van der Waals surface area contributed by atoms with E-state index in [4.69, 9.17) is 0 Å². The quantitative estimate of drug-likeness (QED) is 0.455. The molecule has 0 N–H and O–H groups in total. The summed E-state index contributed by atoms with van der Waals surface area (Å²) in [5.74, 6) is 1.81. The van der Waals surface area contributed by atoms with Crippen LogP contribution >= 0.6 is 0 Å². The minimum atomic E-state index is 0.886. The van der Waals surface area contributed by atoms with Gasteiger partial charge in [0, 0.05) is 5.92 Å². The summed E-state index contributed by atoms with van der Waals surface area (Å²) in [4.78, 5) is 0. The zero-order valence-corrected chi connectivity index (χ0v) is 12.7. The molecule has 1 heterocycles. The summed E-state index contributed by atoms with van der Waals surface area (Å²) in [6.07, 6.45) is 10.1. The third-order valence-corrected chi connectivity index (χ3v) is 4.38. The van der Waals surface area contributed by atoms with E-state index in [0.29, 0.717) is 0 Å². The summed E-state index contributed by atoms with van der Waals surface area (Å²) >= 11 is 0. The molecule has 1 unspecified atom stereocenters. The second-order valence-corrected chi connectivity index (χ2v) is 7.09. The van der Waals surface area contributed by atoms with Crippen LogP contribution in [0.4, 0.5) is 0 Å². The zero-order valence-electron chi connectivity index (χ0n) is 12.7. The highest BCUT2D eigenvalue weighted by molar-refractivity contribution is 4.58. The molecule has 0 saturated carbocycles. The molecule has 1 nitrogen and oxygen atoms in total. The molecule has 1 aliphatic rings. The van der Waals surface area contributed by atoms with Gasteiger partial charge in [-0.15, -0.1) is 0 Å². The maximum atomic E-state index is 2.48. The Balaban J connectivity index is 2.13. The van der Waals surface area contributed by atoms with Crippen LogP contribution in [-0.4, -0.2) is 31.2 Å². The van der Waals surface area contributed by atoms with Crippen LogP contribution in [0.25, 0.3) is 0 Å². The van der Waals surface area contributed by atoms with Crippen molar-refractivity contribution >= 4 is 0 Å². The number of hydrogen-bond acceptors (Lipinski definition) is 0. The number of unbranched alkanes of at least 4 members (excludes halogenated alkanes) is 1. The van der Waals surface area contributed by atoms with Crippen LogP contribution in [-0.2, 0) is 0 Å². The van der Waals surface area contributed by atoms with E-state index < -0.39 is 0 Å². The van der Waals surface area contributed by atoms with E-state index in [1.54, 1.807) is 0 Å². The summed E-state index contributed by atoms with van der Waals surface area (Å²) in [7, 11) is 2.48. The van der Waals surface area contributed by atoms with Gasteiger partial charge >= 0.3 is 0 Å². The van der Waals surface area contributed by atoms with Gasteiger partial charge in [0.1, 0.15) is 0 Å². The molecule has 102 valence electrons. The molecule has 0 aromatic rings.